The van der Waals surface area contributed by atoms with Crippen molar-refractivity contribution in [2.45, 2.75) is 24.7 Å². The Bertz CT molecular complexity index is 394. The molecule has 3 aliphatic carbocycles. The number of carboxylic acid groups (broad SMARTS) is 1. The Hall–Kier alpha value is -1.31. The van der Waals surface area contributed by atoms with Gasteiger partial charge in [-0.1, -0.05) is 30.3 Å². The zero-order valence-corrected chi connectivity index (χ0v) is 8.52. The second-order valence-corrected chi connectivity index (χ2v) is 4.84. The number of carbonyl (C=O) groups is 1. The largest absolute Gasteiger partial charge is 0.481 e. The summed E-state index contributed by atoms with van der Waals surface area (Å²) in [6.07, 6.45) is 3.22. The molecule has 3 fully saturated rings. The average molecular weight is 202 g/mol. The van der Waals surface area contributed by atoms with Crippen molar-refractivity contribution in [2.75, 3.05) is 0 Å². The van der Waals surface area contributed by atoms with Crippen molar-refractivity contribution in [1.29, 1.82) is 0 Å². The summed E-state index contributed by atoms with van der Waals surface area (Å²) in [6.45, 7) is 0. The normalized spacial score (nSPS) is 37.3. The summed E-state index contributed by atoms with van der Waals surface area (Å²) in [4.78, 5) is 11.2. The summed E-state index contributed by atoms with van der Waals surface area (Å²) in [5.74, 6) is -0.296. The molecule has 2 bridgehead atoms. The number of benzene rings is 1. The zero-order chi connectivity index (χ0) is 10.5. The van der Waals surface area contributed by atoms with E-state index in [0.29, 0.717) is 5.92 Å². The minimum atomic E-state index is -0.604. The predicted molar refractivity (Wildman–Crippen MR) is 56.6 cm³/mol. The van der Waals surface area contributed by atoms with E-state index in [9.17, 15) is 9.90 Å². The van der Waals surface area contributed by atoms with Gasteiger partial charge in [-0.2, -0.15) is 0 Å². The predicted octanol–water partition coefficient (Wildman–Crippen LogP) is 2.44. The Kier molecular flexibility index (Phi) is 1.70. The summed E-state index contributed by atoms with van der Waals surface area (Å²) in [5.41, 5.74) is 1.20. The average Bonchev–Trinajstić information content (AvgIpc) is 2.76. The van der Waals surface area contributed by atoms with Crippen molar-refractivity contribution in [3.05, 3.63) is 35.9 Å². The highest BCUT2D eigenvalue weighted by Crippen LogP contribution is 2.63. The van der Waals surface area contributed by atoms with Crippen LogP contribution in [0.1, 0.15) is 24.8 Å². The summed E-state index contributed by atoms with van der Waals surface area (Å²) >= 11 is 0. The molecule has 1 N–H and O–H groups in total. The van der Waals surface area contributed by atoms with Crippen molar-refractivity contribution in [2.24, 2.45) is 11.8 Å². The fraction of sp³-hybridized carbons (Fsp3) is 0.462. The molecular weight excluding hydrogens is 188 g/mol. The van der Waals surface area contributed by atoms with Gasteiger partial charge in [0.05, 0.1) is 5.92 Å². The Morgan fingerprint density at radius 3 is 2.67 bits per heavy atom. The molecule has 3 saturated carbocycles. The third-order valence-electron chi connectivity index (χ3n) is 4.27. The fourth-order valence-electron chi connectivity index (χ4n) is 3.62. The van der Waals surface area contributed by atoms with Gasteiger partial charge in [0.1, 0.15) is 0 Å². The lowest BCUT2D eigenvalue weighted by molar-refractivity contribution is -0.150. The lowest BCUT2D eigenvalue weighted by atomic mass is 9.57. The quantitative estimate of drug-likeness (QED) is 0.799. The minimum absolute atomic E-state index is 0.0300. The van der Waals surface area contributed by atoms with E-state index in [2.05, 4.69) is 12.1 Å². The first kappa shape index (κ1) is 8.96. The Morgan fingerprint density at radius 2 is 2.07 bits per heavy atom. The van der Waals surface area contributed by atoms with Crippen molar-refractivity contribution in [3.8, 4) is 0 Å². The number of hydrogen-bond donors (Lipinski definition) is 1. The Morgan fingerprint density at radius 1 is 1.33 bits per heavy atom. The van der Waals surface area contributed by atoms with E-state index in [1.165, 1.54) is 5.56 Å². The van der Waals surface area contributed by atoms with Gasteiger partial charge in [-0.15, -0.1) is 0 Å². The van der Waals surface area contributed by atoms with Gasteiger partial charge in [0.2, 0.25) is 0 Å². The first-order valence-corrected chi connectivity index (χ1v) is 5.52. The van der Waals surface area contributed by atoms with Gasteiger partial charge in [0, 0.05) is 5.41 Å². The summed E-state index contributed by atoms with van der Waals surface area (Å²) in [6, 6.07) is 10.2. The van der Waals surface area contributed by atoms with E-state index in [1.807, 2.05) is 18.2 Å². The molecule has 1 aromatic carbocycles. The maximum atomic E-state index is 11.2. The Labute approximate surface area is 88.9 Å². The molecular formula is C13H14O2. The van der Waals surface area contributed by atoms with Crippen molar-refractivity contribution < 1.29 is 9.90 Å². The van der Waals surface area contributed by atoms with E-state index >= 15 is 0 Å². The van der Waals surface area contributed by atoms with Crippen LogP contribution in [-0.2, 0) is 10.2 Å². The second-order valence-electron chi connectivity index (χ2n) is 4.84. The van der Waals surface area contributed by atoms with Crippen molar-refractivity contribution >= 4 is 5.97 Å². The molecule has 0 amide bonds. The van der Waals surface area contributed by atoms with Crippen LogP contribution in [0.15, 0.2) is 30.3 Å². The summed E-state index contributed by atoms with van der Waals surface area (Å²) < 4.78 is 0. The van der Waals surface area contributed by atoms with E-state index in [0.717, 1.165) is 19.3 Å². The first-order valence-electron chi connectivity index (χ1n) is 5.52. The van der Waals surface area contributed by atoms with Gasteiger partial charge in [0.15, 0.2) is 0 Å². The number of carboxylic acids is 1. The van der Waals surface area contributed by atoms with Crippen LogP contribution in [0.2, 0.25) is 0 Å². The van der Waals surface area contributed by atoms with Crippen molar-refractivity contribution in [1.82, 2.24) is 0 Å². The topological polar surface area (TPSA) is 37.3 Å². The lowest BCUT2D eigenvalue weighted by Gasteiger charge is -2.45. The third-order valence-corrected chi connectivity index (χ3v) is 4.27. The number of rotatable bonds is 2. The van der Waals surface area contributed by atoms with Gasteiger partial charge in [-0.05, 0) is 30.7 Å². The number of hydrogen-bond acceptors (Lipinski definition) is 1. The molecule has 2 nitrogen and oxygen atoms in total. The molecule has 3 aliphatic rings. The molecule has 0 spiro atoms. The smallest absolute Gasteiger partial charge is 0.307 e. The van der Waals surface area contributed by atoms with Crippen LogP contribution in [0.4, 0.5) is 0 Å². The van der Waals surface area contributed by atoms with E-state index in [1.54, 1.807) is 0 Å². The molecule has 4 rings (SSSR count). The number of fused-ring (bicyclic) bond motifs is 1. The number of aliphatic carboxylic acids is 1. The Balaban J connectivity index is 2.02. The molecule has 0 unspecified atom stereocenters. The minimum Gasteiger partial charge on any atom is -0.481 e. The monoisotopic (exact) mass is 202 g/mol. The molecule has 0 saturated heterocycles. The molecule has 1 aromatic rings. The maximum Gasteiger partial charge on any atom is 0.307 e. The molecule has 0 radical (unpaired) electrons. The van der Waals surface area contributed by atoms with Crippen LogP contribution in [0.3, 0.4) is 0 Å². The van der Waals surface area contributed by atoms with E-state index in [-0.39, 0.29) is 11.3 Å². The van der Waals surface area contributed by atoms with Crippen LogP contribution < -0.4 is 0 Å². The van der Waals surface area contributed by atoms with Crippen LogP contribution >= 0.6 is 0 Å². The van der Waals surface area contributed by atoms with Gasteiger partial charge in [-0.3, -0.25) is 4.79 Å². The molecule has 78 valence electrons. The van der Waals surface area contributed by atoms with E-state index in [4.69, 9.17) is 0 Å². The highest BCUT2D eigenvalue weighted by atomic mass is 16.4. The summed E-state index contributed by atoms with van der Waals surface area (Å²) in [5, 5.41) is 9.24. The second kappa shape index (κ2) is 2.84. The molecule has 0 heterocycles. The van der Waals surface area contributed by atoms with Gasteiger partial charge < -0.3 is 5.11 Å². The SMILES string of the molecule is O=C(O)[C@@H]1[C@@H]2CC[C@@]1(c1ccccc1)C2. The first-order chi connectivity index (χ1) is 7.24. The summed E-state index contributed by atoms with van der Waals surface area (Å²) in [7, 11) is 0. The third kappa shape index (κ3) is 1.02. The molecule has 15 heavy (non-hydrogen) atoms. The van der Waals surface area contributed by atoms with Crippen LogP contribution in [0, 0.1) is 11.8 Å². The van der Waals surface area contributed by atoms with Crippen molar-refractivity contribution in [3.63, 3.8) is 0 Å². The molecule has 2 heteroatoms. The van der Waals surface area contributed by atoms with Crippen LogP contribution in [0.25, 0.3) is 0 Å². The van der Waals surface area contributed by atoms with Gasteiger partial charge in [-0.25, -0.2) is 0 Å². The fourth-order valence-corrected chi connectivity index (χ4v) is 3.62. The molecule has 0 aliphatic heterocycles. The van der Waals surface area contributed by atoms with Crippen LogP contribution in [-0.4, -0.2) is 11.1 Å². The highest BCUT2D eigenvalue weighted by molar-refractivity contribution is 5.75. The zero-order valence-electron chi connectivity index (χ0n) is 8.52. The molecule has 0 aromatic heterocycles. The van der Waals surface area contributed by atoms with E-state index < -0.39 is 5.97 Å². The lowest BCUT2D eigenvalue weighted by Crippen LogP contribution is -2.48. The molecule has 3 atom stereocenters. The highest BCUT2D eigenvalue weighted by Gasteiger charge is 2.62. The van der Waals surface area contributed by atoms with Gasteiger partial charge >= 0.3 is 5.97 Å². The standard InChI is InChI=1S/C13H14O2/c14-12(15)11-9-6-7-13(11,8-9)10-4-2-1-3-5-10/h1-5,9,11H,6-8H2,(H,14,15)/t9-,11+,13+/m1/s1. The maximum absolute atomic E-state index is 11.2. The van der Waals surface area contributed by atoms with Gasteiger partial charge in [0.25, 0.3) is 0 Å². The van der Waals surface area contributed by atoms with Crippen LogP contribution in [0.5, 0.6) is 0 Å².